The van der Waals surface area contributed by atoms with Crippen molar-refractivity contribution in [3.8, 4) is 0 Å². The van der Waals surface area contributed by atoms with Gasteiger partial charge in [-0.1, -0.05) is 294 Å². The van der Waals surface area contributed by atoms with Gasteiger partial charge in [0.2, 0.25) is 5.79 Å². The molecule has 0 radical (unpaired) electrons. The lowest BCUT2D eigenvalue weighted by molar-refractivity contribution is -0.402. The first kappa shape index (κ1) is 78.6. The van der Waals surface area contributed by atoms with Crippen LogP contribution < -0.4 is 0 Å². The zero-order chi connectivity index (χ0) is 73.7. The minimum atomic E-state index is -2.28. The molecule has 3 heterocycles. The van der Waals surface area contributed by atoms with Crippen LogP contribution in [0, 0.1) is 0 Å². The molecule has 564 valence electrons. The number of hydrogen-bond donors (Lipinski definition) is 0. The minimum absolute atomic E-state index is 0.0892. The first-order valence-electron chi connectivity index (χ1n) is 37.6. The number of rotatable bonds is 41. The van der Waals surface area contributed by atoms with Gasteiger partial charge in [-0.25, -0.2) is 0 Å². The molecular formula is C89H102O17Si. The van der Waals surface area contributed by atoms with Crippen LogP contribution in [0.1, 0.15) is 77.8 Å². The van der Waals surface area contributed by atoms with Crippen LogP contribution in [0.5, 0.6) is 0 Å². The summed E-state index contributed by atoms with van der Waals surface area (Å²) in [5.74, 6) is -2.45. The van der Waals surface area contributed by atoms with Crippen LogP contribution in [-0.2, 0) is 140 Å². The second kappa shape index (κ2) is 41.0. The van der Waals surface area contributed by atoms with Gasteiger partial charge in [0.1, 0.15) is 80.4 Å². The summed E-state index contributed by atoms with van der Waals surface area (Å²) in [5.41, 5.74) is 8.20. The Morgan fingerprint density at radius 2 is 0.626 bits per heavy atom. The van der Waals surface area contributed by atoms with Gasteiger partial charge in [-0.15, -0.1) is 0 Å². The molecule has 3 aliphatic heterocycles. The van der Waals surface area contributed by atoms with E-state index in [1.807, 2.05) is 261 Å². The smallest absolute Gasteiger partial charge is 0.302 e. The Bertz CT molecular complexity index is 3930. The predicted molar refractivity (Wildman–Crippen MR) is 408 cm³/mol. The average molecular weight is 1470 g/mol. The lowest BCUT2D eigenvalue weighted by Crippen LogP contribution is -2.65. The maximum atomic E-state index is 13.0. The largest absolute Gasteiger partial charge is 0.463 e. The Balaban J connectivity index is 0.995. The number of carbonyl (C=O) groups is 1. The van der Waals surface area contributed by atoms with E-state index in [-0.39, 0.29) is 85.9 Å². The number of esters is 1. The van der Waals surface area contributed by atoms with Crippen molar-refractivity contribution in [1.29, 1.82) is 0 Å². The molecule has 0 aromatic heterocycles. The molecule has 0 spiro atoms. The number of hydrogen-bond acceptors (Lipinski definition) is 17. The summed E-state index contributed by atoms with van der Waals surface area (Å²) in [6, 6.07) is 92.3. The van der Waals surface area contributed by atoms with Crippen molar-refractivity contribution in [2.75, 3.05) is 26.4 Å². The fraction of sp³-hybridized carbons (Fsp3) is 0.382. The molecule has 9 aromatic carbocycles. The van der Waals surface area contributed by atoms with E-state index in [2.05, 4.69) is 32.9 Å². The van der Waals surface area contributed by atoms with Crippen LogP contribution in [0.3, 0.4) is 0 Å². The first-order chi connectivity index (χ1) is 52.7. The lowest BCUT2D eigenvalue weighted by atomic mass is 9.96. The Kier molecular flexibility index (Phi) is 30.2. The molecule has 0 amide bonds. The van der Waals surface area contributed by atoms with Gasteiger partial charge in [0.15, 0.2) is 20.9 Å². The molecule has 0 bridgehead atoms. The van der Waals surface area contributed by atoms with Crippen LogP contribution in [0.15, 0.2) is 273 Å². The normalized spacial score (nSPS) is 24.4. The zero-order valence-electron chi connectivity index (χ0n) is 61.7. The van der Waals surface area contributed by atoms with Crippen molar-refractivity contribution in [3.63, 3.8) is 0 Å². The third-order valence-electron chi connectivity index (χ3n) is 20.0. The molecule has 12 rings (SSSR count). The summed E-state index contributed by atoms with van der Waals surface area (Å²) in [7, 11) is -2.28. The molecule has 9 aromatic rings. The molecule has 3 aliphatic rings. The maximum absolute atomic E-state index is 13.0. The second-order valence-corrected chi connectivity index (χ2v) is 32.2. The summed E-state index contributed by atoms with van der Waals surface area (Å²) >= 11 is 0. The van der Waals surface area contributed by atoms with E-state index in [1.165, 1.54) is 6.92 Å². The number of ether oxygens (including phenoxy) is 15. The molecule has 14 atom stereocenters. The highest BCUT2D eigenvalue weighted by atomic mass is 28.4. The van der Waals surface area contributed by atoms with Crippen LogP contribution in [-0.4, -0.2) is 126 Å². The Morgan fingerprint density at radius 3 is 0.981 bits per heavy atom. The van der Waals surface area contributed by atoms with Crippen molar-refractivity contribution >= 4 is 14.3 Å². The molecule has 17 nitrogen and oxygen atoms in total. The van der Waals surface area contributed by atoms with E-state index >= 15 is 0 Å². The zero-order valence-corrected chi connectivity index (χ0v) is 62.7. The summed E-state index contributed by atoms with van der Waals surface area (Å²) < 4.78 is 116. The Morgan fingerprint density at radius 1 is 0.327 bits per heavy atom. The van der Waals surface area contributed by atoms with Gasteiger partial charge in [0, 0.05) is 6.92 Å². The lowest BCUT2D eigenvalue weighted by Gasteiger charge is -2.49. The molecule has 0 aliphatic carbocycles. The monoisotopic (exact) mass is 1470 g/mol. The van der Waals surface area contributed by atoms with Crippen LogP contribution in [0.25, 0.3) is 0 Å². The molecule has 0 saturated carbocycles. The van der Waals surface area contributed by atoms with Gasteiger partial charge in [-0.05, 0) is 68.2 Å². The SMILES string of the molecule is CC[Si](CC)(CC)OC[C@H]1O[C@H](OC[C@H]2O[C@H](O[C@]3(COCc4ccccc4)O[C@H](COC(C)=O)[C@@H](OCc4ccccc4)[C@@H]3OCc3ccccc3)[C@H](OCc3ccccc3)[C@@H](OCc3ccccc3)[C@@H]2OCc2ccccc2)[C@H](OCc2ccccc2)[C@@H](OCc2ccccc2)[C@H]1OCc1ccccc1. The number of carbonyl (C=O) groups excluding carboxylic acids is 1. The molecule has 0 unspecified atom stereocenters. The van der Waals surface area contributed by atoms with E-state index < -0.39 is 99.8 Å². The van der Waals surface area contributed by atoms with Crippen molar-refractivity contribution in [2.24, 2.45) is 0 Å². The van der Waals surface area contributed by atoms with Crippen molar-refractivity contribution in [2.45, 2.75) is 191 Å². The van der Waals surface area contributed by atoms with Gasteiger partial charge in [0.05, 0.1) is 72.7 Å². The van der Waals surface area contributed by atoms with E-state index in [0.29, 0.717) is 0 Å². The van der Waals surface area contributed by atoms with Crippen LogP contribution in [0.2, 0.25) is 18.1 Å². The predicted octanol–water partition coefficient (Wildman–Crippen LogP) is 16.0. The Hall–Kier alpha value is -7.93. The van der Waals surface area contributed by atoms with Gasteiger partial charge in [-0.2, -0.15) is 0 Å². The highest BCUT2D eigenvalue weighted by molar-refractivity contribution is 6.73. The van der Waals surface area contributed by atoms with Gasteiger partial charge < -0.3 is 75.5 Å². The molecule has 0 N–H and O–H groups in total. The van der Waals surface area contributed by atoms with Crippen molar-refractivity contribution in [1.82, 2.24) is 0 Å². The van der Waals surface area contributed by atoms with Gasteiger partial charge >= 0.3 is 5.97 Å². The summed E-state index contributed by atoms with van der Waals surface area (Å²) in [4.78, 5) is 13.0. The van der Waals surface area contributed by atoms with Crippen molar-refractivity contribution in [3.05, 3.63) is 323 Å². The van der Waals surface area contributed by atoms with Gasteiger partial charge in [0.25, 0.3) is 0 Å². The standard InChI is InChI=1S/C89H102O17Si/c1-5-107(6-2,7-3)102-64-77-80(94-55-69-39-21-10-22-40-69)82(96-57-71-43-25-12-26-44-71)84(98-59-73-47-29-14-30-48-73)87(103-77)101-62-76-79(93-54-68-37-19-9-20-38-68)83(97-58-72-45-27-13-28-46-72)85(99-60-74-49-31-15-32-50-74)88(104-76)106-89(65-91-53-67-35-17-8-18-36-67)86(100-61-75-51-33-16-34-52-75)81(78(105-89)63-92-66(4)90)95-56-70-41-23-11-24-42-70/h8-52,76-88H,5-7,53-65H2,1-4H3/t76-,77-,78-,79-,80+,81-,82+,83+,84-,85-,86+,87+,88-,89+/m1/s1. The third-order valence-corrected chi connectivity index (χ3v) is 24.6. The summed E-state index contributed by atoms with van der Waals surface area (Å²) in [6.07, 6.45) is -13.0. The van der Waals surface area contributed by atoms with Crippen molar-refractivity contribution < 1.29 is 80.3 Å². The average Bonchev–Trinajstić information content (AvgIpc) is 1.56. The minimum Gasteiger partial charge on any atom is -0.463 e. The highest BCUT2D eigenvalue weighted by Gasteiger charge is 2.62. The molecule has 107 heavy (non-hydrogen) atoms. The molecule has 3 fully saturated rings. The third kappa shape index (κ3) is 22.6. The van der Waals surface area contributed by atoms with Gasteiger partial charge in [-0.3, -0.25) is 4.79 Å². The summed E-state index contributed by atoms with van der Waals surface area (Å²) in [6.45, 7) is 8.90. The maximum Gasteiger partial charge on any atom is 0.302 e. The topological polar surface area (TPSA) is 165 Å². The summed E-state index contributed by atoms with van der Waals surface area (Å²) in [5, 5.41) is 0. The van der Waals surface area contributed by atoms with E-state index in [4.69, 9.17) is 75.5 Å². The number of benzene rings is 9. The quantitative estimate of drug-likeness (QED) is 0.0262. The fourth-order valence-electron chi connectivity index (χ4n) is 13.9. The Labute approximate surface area is 631 Å². The molecular weight excluding hydrogens is 1370 g/mol. The first-order valence-corrected chi connectivity index (χ1v) is 40.1. The fourth-order valence-corrected chi connectivity index (χ4v) is 16.6. The molecule has 3 saturated heterocycles. The second-order valence-electron chi connectivity index (χ2n) is 27.4. The van der Waals surface area contributed by atoms with E-state index in [1.54, 1.807) is 0 Å². The van der Waals surface area contributed by atoms with E-state index in [0.717, 1.165) is 68.2 Å². The van der Waals surface area contributed by atoms with E-state index in [9.17, 15) is 4.79 Å². The molecule has 18 heteroatoms. The highest BCUT2D eigenvalue weighted by Crippen LogP contribution is 2.44. The van der Waals surface area contributed by atoms with Crippen LogP contribution in [0.4, 0.5) is 0 Å². The van der Waals surface area contributed by atoms with Crippen LogP contribution >= 0.6 is 0 Å².